The SMILES string of the molecule is O=C(NCCc1c[nH]c2ccccc12)/C(=C\c1ccccc1Cl)NC(=O)c1ccccc1. The number of H-pyrrole nitrogens is 1. The monoisotopic (exact) mass is 443 g/mol. The lowest BCUT2D eigenvalue weighted by atomic mass is 10.1. The average molecular weight is 444 g/mol. The van der Waals surface area contributed by atoms with Gasteiger partial charge in [-0.05, 0) is 47.9 Å². The highest BCUT2D eigenvalue weighted by atomic mass is 35.5. The van der Waals surface area contributed by atoms with Crippen LogP contribution in [0.25, 0.3) is 17.0 Å². The van der Waals surface area contributed by atoms with Gasteiger partial charge in [-0.3, -0.25) is 9.59 Å². The molecule has 0 radical (unpaired) electrons. The van der Waals surface area contributed by atoms with E-state index in [1.807, 2.05) is 48.7 Å². The number of hydrogen-bond donors (Lipinski definition) is 3. The second-order valence-corrected chi connectivity index (χ2v) is 7.67. The quantitative estimate of drug-likeness (QED) is 0.353. The maximum absolute atomic E-state index is 13.0. The lowest BCUT2D eigenvalue weighted by Gasteiger charge is -2.12. The van der Waals surface area contributed by atoms with Crippen LogP contribution in [0.5, 0.6) is 0 Å². The summed E-state index contributed by atoms with van der Waals surface area (Å²) < 4.78 is 0. The number of para-hydroxylation sites is 1. The Bertz CT molecular complexity index is 1280. The molecule has 0 bridgehead atoms. The van der Waals surface area contributed by atoms with Crippen LogP contribution in [0.4, 0.5) is 0 Å². The number of nitrogens with one attached hydrogen (secondary N) is 3. The van der Waals surface area contributed by atoms with Gasteiger partial charge in [-0.1, -0.05) is 66.2 Å². The van der Waals surface area contributed by atoms with E-state index in [4.69, 9.17) is 11.6 Å². The van der Waals surface area contributed by atoms with Crippen LogP contribution in [0.1, 0.15) is 21.5 Å². The van der Waals surface area contributed by atoms with E-state index >= 15 is 0 Å². The zero-order chi connectivity index (χ0) is 22.3. The van der Waals surface area contributed by atoms with Gasteiger partial charge in [-0.25, -0.2) is 0 Å². The highest BCUT2D eigenvalue weighted by Crippen LogP contribution is 2.19. The van der Waals surface area contributed by atoms with Gasteiger partial charge in [-0.15, -0.1) is 0 Å². The summed E-state index contributed by atoms with van der Waals surface area (Å²) in [5, 5.41) is 7.25. The maximum Gasteiger partial charge on any atom is 0.267 e. The van der Waals surface area contributed by atoms with E-state index in [1.165, 1.54) is 0 Å². The Morgan fingerprint density at radius 1 is 0.906 bits per heavy atom. The van der Waals surface area contributed by atoms with Crippen molar-refractivity contribution in [1.82, 2.24) is 15.6 Å². The molecule has 0 aliphatic rings. The molecule has 160 valence electrons. The van der Waals surface area contributed by atoms with E-state index in [1.54, 1.807) is 42.5 Å². The fourth-order valence-electron chi connectivity index (χ4n) is 3.43. The molecule has 0 saturated heterocycles. The summed E-state index contributed by atoms with van der Waals surface area (Å²) in [5.41, 5.74) is 3.41. The Hall–Kier alpha value is -3.83. The molecule has 4 aromatic rings. The Labute approximate surface area is 191 Å². The number of halogens is 1. The molecule has 3 N–H and O–H groups in total. The van der Waals surface area contributed by atoms with E-state index < -0.39 is 0 Å². The van der Waals surface area contributed by atoms with Gasteiger partial charge in [0.15, 0.2) is 0 Å². The third-order valence-electron chi connectivity index (χ3n) is 5.09. The molecule has 0 aliphatic carbocycles. The molecule has 0 aliphatic heterocycles. The van der Waals surface area contributed by atoms with Crippen LogP contribution >= 0.6 is 11.6 Å². The molecule has 1 aromatic heterocycles. The van der Waals surface area contributed by atoms with Crippen LogP contribution in [0, 0.1) is 0 Å². The van der Waals surface area contributed by atoms with Crippen molar-refractivity contribution in [3.8, 4) is 0 Å². The van der Waals surface area contributed by atoms with Crippen LogP contribution in [0.2, 0.25) is 5.02 Å². The van der Waals surface area contributed by atoms with E-state index in [9.17, 15) is 9.59 Å². The normalized spacial score (nSPS) is 11.3. The number of rotatable bonds is 7. The summed E-state index contributed by atoms with van der Waals surface area (Å²) >= 11 is 6.26. The number of carbonyl (C=O) groups excluding carboxylic acids is 2. The molecule has 0 unspecified atom stereocenters. The first-order valence-electron chi connectivity index (χ1n) is 10.3. The molecule has 1 heterocycles. The highest BCUT2D eigenvalue weighted by molar-refractivity contribution is 6.32. The summed E-state index contributed by atoms with van der Waals surface area (Å²) in [5.74, 6) is -0.746. The van der Waals surface area contributed by atoms with E-state index in [2.05, 4.69) is 15.6 Å². The van der Waals surface area contributed by atoms with Crippen LogP contribution in [0.15, 0.2) is 90.8 Å². The Balaban J connectivity index is 1.50. The molecule has 0 spiro atoms. The minimum absolute atomic E-state index is 0.130. The number of fused-ring (bicyclic) bond motifs is 1. The zero-order valence-corrected chi connectivity index (χ0v) is 18.0. The molecule has 6 heteroatoms. The Morgan fingerprint density at radius 3 is 2.44 bits per heavy atom. The lowest BCUT2D eigenvalue weighted by Crippen LogP contribution is -2.35. The van der Waals surface area contributed by atoms with Crippen molar-refractivity contribution in [2.75, 3.05) is 6.54 Å². The van der Waals surface area contributed by atoms with Gasteiger partial charge in [0.05, 0.1) is 0 Å². The minimum Gasteiger partial charge on any atom is -0.361 e. The number of carbonyl (C=O) groups is 2. The molecule has 5 nitrogen and oxygen atoms in total. The van der Waals surface area contributed by atoms with Crippen molar-refractivity contribution in [1.29, 1.82) is 0 Å². The van der Waals surface area contributed by atoms with Gasteiger partial charge < -0.3 is 15.6 Å². The number of aromatic nitrogens is 1. The molecular formula is C26H22ClN3O2. The summed E-state index contributed by atoms with van der Waals surface area (Å²) in [6, 6.07) is 23.9. The molecular weight excluding hydrogens is 422 g/mol. The van der Waals surface area contributed by atoms with Gasteiger partial charge in [0, 0.05) is 34.2 Å². The standard InChI is InChI=1S/C26H22ClN3O2/c27-22-12-6-4-10-19(22)16-24(30-25(31)18-8-2-1-3-9-18)26(32)28-15-14-20-17-29-23-13-7-5-11-21(20)23/h1-13,16-17,29H,14-15H2,(H,28,32)(H,30,31)/b24-16+. The van der Waals surface area contributed by atoms with Gasteiger partial charge in [0.25, 0.3) is 11.8 Å². The summed E-state index contributed by atoms with van der Waals surface area (Å²) in [6.45, 7) is 0.418. The van der Waals surface area contributed by atoms with Crippen LogP contribution in [-0.2, 0) is 11.2 Å². The van der Waals surface area contributed by atoms with Crippen molar-refractivity contribution in [2.24, 2.45) is 0 Å². The number of benzene rings is 3. The van der Waals surface area contributed by atoms with Crippen molar-refractivity contribution in [3.05, 3.63) is 112 Å². The van der Waals surface area contributed by atoms with E-state index in [0.717, 1.165) is 16.5 Å². The minimum atomic E-state index is -0.381. The maximum atomic E-state index is 13.0. The topological polar surface area (TPSA) is 74.0 Å². The fourth-order valence-corrected chi connectivity index (χ4v) is 3.62. The first-order valence-corrected chi connectivity index (χ1v) is 10.7. The van der Waals surface area contributed by atoms with E-state index in [0.29, 0.717) is 29.1 Å². The predicted octanol–water partition coefficient (Wildman–Crippen LogP) is 4.95. The van der Waals surface area contributed by atoms with Crippen LogP contribution in [0.3, 0.4) is 0 Å². The third-order valence-corrected chi connectivity index (χ3v) is 5.43. The Morgan fingerprint density at radius 2 is 1.62 bits per heavy atom. The summed E-state index contributed by atoms with van der Waals surface area (Å²) in [4.78, 5) is 28.9. The molecule has 4 rings (SSSR count). The van der Waals surface area contributed by atoms with Crippen molar-refractivity contribution in [2.45, 2.75) is 6.42 Å². The van der Waals surface area contributed by atoms with Crippen molar-refractivity contribution < 1.29 is 9.59 Å². The second-order valence-electron chi connectivity index (χ2n) is 7.27. The Kier molecular flexibility index (Phi) is 6.68. The lowest BCUT2D eigenvalue weighted by molar-refractivity contribution is -0.117. The van der Waals surface area contributed by atoms with Crippen LogP contribution in [-0.4, -0.2) is 23.3 Å². The molecule has 0 saturated carbocycles. The fraction of sp³-hybridized carbons (Fsp3) is 0.0769. The largest absolute Gasteiger partial charge is 0.361 e. The van der Waals surface area contributed by atoms with Gasteiger partial charge in [0.1, 0.15) is 5.70 Å². The first-order chi connectivity index (χ1) is 15.6. The predicted molar refractivity (Wildman–Crippen MR) is 128 cm³/mol. The molecule has 3 aromatic carbocycles. The second kappa shape index (κ2) is 9.98. The van der Waals surface area contributed by atoms with Crippen molar-refractivity contribution >= 4 is 40.4 Å². The third kappa shape index (κ3) is 5.07. The van der Waals surface area contributed by atoms with Crippen molar-refractivity contribution in [3.63, 3.8) is 0 Å². The van der Waals surface area contributed by atoms with Gasteiger partial charge >= 0.3 is 0 Å². The summed E-state index contributed by atoms with van der Waals surface area (Å²) in [7, 11) is 0. The average Bonchev–Trinajstić information content (AvgIpc) is 3.23. The number of aromatic amines is 1. The van der Waals surface area contributed by atoms with Gasteiger partial charge in [0.2, 0.25) is 0 Å². The molecule has 0 fully saturated rings. The summed E-state index contributed by atoms with van der Waals surface area (Å²) in [6.07, 6.45) is 4.19. The number of hydrogen-bond acceptors (Lipinski definition) is 2. The number of amides is 2. The van der Waals surface area contributed by atoms with Crippen LogP contribution < -0.4 is 10.6 Å². The molecule has 2 amide bonds. The van der Waals surface area contributed by atoms with E-state index in [-0.39, 0.29) is 17.5 Å². The smallest absolute Gasteiger partial charge is 0.267 e. The zero-order valence-electron chi connectivity index (χ0n) is 17.3. The molecule has 0 atom stereocenters. The highest BCUT2D eigenvalue weighted by Gasteiger charge is 2.15. The first kappa shape index (κ1) is 21.4. The molecule has 32 heavy (non-hydrogen) atoms. The van der Waals surface area contributed by atoms with Gasteiger partial charge in [-0.2, -0.15) is 0 Å².